The number of aryl methyl sites for hydroxylation is 2. The summed E-state index contributed by atoms with van der Waals surface area (Å²) in [5.41, 5.74) is 5.77. The number of aromatic hydroxyl groups is 1. The molecule has 3 atom stereocenters. The monoisotopic (exact) mass is 1050 g/mol. The first-order chi connectivity index (χ1) is 37.3. The first-order valence-corrected chi connectivity index (χ1v) is 24.9. The predicted octanol–water partition coefficient (Wildman–Crippen LogP) is 8.91. The van der Waals surface area contributed by atoms with E-state index < -0.39 is 59.9 Å². The minimum absolute atomic E-state index is 0.0117. The van der Waals surface area contributed by atoms with Crippen molar-refractivity contribution in [2.24, 2.45) is 21.8 Å². The first kappa shape index (κ1) is 57.0. The number of nitrogens with zero attached hydrogens (tertiary/aromatic N) is 2. The lowest BCUT2D eigenvalue weighted by molar-refractivity contribution is -0.129. The predicted molar refractivity (Wildman–Crippen MR) is 289 cm³/mol. The van der Waals surface area contributed by atoms with Crippen LogP contribution in [0, 0.1) is 25.7 Å². The van der Waals surface area contributed by atoms with Gasteiger partial charge in [-0.25, -0.2) is 24.2 Å². The van der Waals surface area contributed by atoms with Crippen molar-refractivity contribution in [1.82, 2.24) is 26.6 Å². The van der Waals surface area contributed by atoms with E-state index in [0.717, 1.165) is 16.7 Å². The standard InChI is InChI=1S/C59H63N7O11/c1-40-29-49(67)30-41(2)50(40)33-51(62-55(65-58(72)76-38-46-25-15-7-16-26-46)66-59(73)77-39-47-27-17-8-18-28-47)52(68)31-42(3)53(69)60-34-48(32-43-19-9-4-10-20-43)35-61-54(63-56(70)74-36-44-21-11-5-12-22-44)64-57(71)75-37-45-23-13-6-14-24-45/h4-30,42,48,51,67H,31-39H2,1-3H3,(H,60,69)(H2,61,63,64,70,71)(H2,62,65,66,72,73)/t42-,48?,51-/m0/s1. The highest BCUT2D eigenvalue weighted by molar-refractivity contribution is 6.03. The fourth-order valence-corrected chi connectivity index (χ4v) is 7.82. The van der Waals surface area contributed by atoms with E-state index in [1.165, 1.54) is 0 Å². The van der Waals surface area contributed by atoms with Crippen LogP contribution in [0.2, 0.25) is 0 Å². The number of nitrogens with one attached hydrogen (secondary N) is 5. The van der Waals surface area contributed by atoms with Crippen LogP contribution in [0.5, 0.6) is 5.75 Å². The summed E-state index contributed by atoms with van der Waals surface area (Å²) < 4.78 is 21.7. The molecule has 6 aromatic carbocycles. The SMILES string of the molecule is Cc1cc(O)cc(C)c1C[C@H](N=C(NC(=O)OCc1ccccc1)NC(=O)OCc1ccccc1)C(=O)C[C@H](C)C(=O)NCC(CN=C(NC(=O)OCc1ccccc1)NC(=O)OCc1ccccc1)Cc1ccccc1. The van der Waals surface area contributed by atoms with Crippen molar-refractivity contribution in [3.8, 4) is 5.75 Å². The normalized spacial score (nSPS) is 11.7. The van der Waals surface area contributed by atoms with Crippen molar-refractivity contribution in [1.29, 1.82) is 0 Å². The van der Waals surface area contributed by atoms with Gasteiger partial charge in [-0.2, -0.15) is 0 Å². The topological polar surface area (TPSA) is 244 Å². The number of hydrogen-bond acceptors (Lipinski definition) is 13. The van der Waals surface area contributed by atoms with Crippen LogP contribution in [-0.2, 0) is 67.8 Å². The second-order valence-electron chi connectivity index (χ2n) is 18.1. The van der Waals surface area contributed by atoms with Gasteiger partial charge in [-0.1, -0.05) is 159 Å². The zero-order chi connectivity index (χ0) is 54.8. The lowest BCUT2D eigenvalue weighted by atomic mass is 9.91. The molecule has 0 heterocycles. The fraction of sp³-hybridized carbons (Fsp3) is 0.254. The molecule has 0 spiro atoms. The highest BCUT2D eigenvalue weighted by atomic mass is 16.6. The van der Waals surface area contributed by atoms with Gasteiger partial charge in [0.05, 0.1) is 0 Å². The molecular weight excluding hydrogens is 983 g/mol. The summed E-state index contributed by atoms with van der Waals surface area (Å²) in [6.45, 7) is 4.85. The molecule has 0 aliphatic heterocycles. The molecule has 0 saturated carbocycles. The van der Waals surface area contributed by atoms with Crippen LogP contribution in [0.15, 0.2) is 174 Å². The number of ether oxygens (including phenoxy) is 4. The number of rotatable bonds is 21. The second kappa shape index (κ2) is 30.1. The maximum absolute atomic E-state index is 14.5. The van der Waals surface area contributed by atoms with Gasteiger partial charge < -0.3 is 29.4 Å². The highest BCUT2D eigenvalue weighted by Crippen LogP contribution is 2.24. The molecule has 1 unspecified atom stereocenters. The molecule has 400 valence electrons. The van der Waals surface area contributed by atoms with Gasteiger partial charge in [-0.05, 0) is 82.8 Å². The molecule has 0 saturated heterocycles. The summed E-state index contributed by atoms with van der Waals surface area (Å²) in [6.07, 6.45) is -3.69. The molecule has 0 bridgehead atoms. The van der Waals surface area contributed by atoms with E-state index in [9.17, 15) is 33.9 Å². The number of guanidine groups is 2. The van der Waals surface area contributed by atoms with Gasteiger partial charge in [0.25, 0.3) is 0 Å². The minimum atomic E-state index is -1.29. The van der Waals surface area contributed by atoms with Crippen LogP contribution < -0.4 is 26.6 Å². The number of phenols is 1. The quantitative estimate of drug-likeness (QED) is 0.0226. The second-order valence-corrected chi connectivity index (χ2v) is 18.1. The lowest BCUT2D eigenvalue weighted by Gasteiger charge is -2.21. The number of aliphatic imine (C=N–C) groups is 2. The van der Waals surface area contributed by atoms with Gasteiger partial charge in [0.2, 0.25) is 17.8 Å². The number of carbonyl (C=O) groups is 6. The summed E-state index contributed by atoms with van der Waals surface area (Å²) in [5, 5.41) is 23.2. The lowest BCUT2D eigenvalue weighted by Crippen LogP contribution is -2.46. The molecule has 6 rings (SSSR count). The Morgan fingerprint density at radius 1 is 0.506 bits per heavy atom. The maximum atomic E-state index is 14.5. The van der Waals surface area contributed by atoms with Gasteiger partial charge in [-0.15, -0.1) is 0 Å². The molecule has 18 heteroatoms. The summed E-state index contributed by atoms with van der Waals surface area (Å²) in [7, 11) is 0. The summed E-state index contributed by atoms with van der Waals surface area (Å²) in [4.78, 5) is 90.3. The number of amides is 5. The zero-order valence-electron chi connectivity index (χ0n) is 43.1. The molecule has 0 aromatic heterocycles. The van der Waals surface area contributed by atoms with Crippen molar-refractivity contribution in [2.45, 2.75) is 72.5 Å². The summed E-state index contributed by atoms with van der Waals surface area (Å²) in [6, 6.07) is 47.2. The van der Waals surface area contributed by atoms with Gasteiger partial charge >= 0.3 is 24.4 Å². The number of phenolic OH excluding ortho intramolecular Hbond substituents is 1. The summed E-state index contributed by atoms with van der Waals surface area (Å²) in [5.74, 6) is -2.98. The van der Waals surface area contributed by atoms with Crippen molar-refractivity contribution < 1.29 is 52.8 Å². The van der Waals surface area contributed by atoms with Crippen LogP contribution in [0.1, 0.15) is 57.9 Å². The molecule has 6 N–H and O–H groups in total. The third-order valence-electron chi connectivity index (χ3n) is 11.9. The Labute approximate surface area is 447 Å². The molecule has 0 aliphatic carbocycles. The van der Waals surface area contributed by atoms with Gasteiger partial charge in [0, 0.05) is 31.8 Å². The van der Waals surface area contributed by atoms with Crippen molar-refractivity contribution in [3.05, 3.63) is 208 Å². The molecule has 0 aliphatic rings. The van der Waals surface area contributed by atoms with Crippen LogP contribution in [0.4, 0.5) is 19.2 Å². The van der Waals surface area contributed by atoms with E-state index in [-0.39, 0.29) is 64.1 Å². The summed E-state index contributed by atoms with van der Waals surface area (Å²) >= 11 is 0. The first-order valence-electron chi connectivity index (χ1n) is 24.9. The maximum Gasteiger partial charge on any atom is 0.414 e. The molecule has 18 nitrogen and oxygen atoms in total. The van der Waals surface area contributed by atoms with Gasteiger partial charge in [0.15, 0.2) is 5.78 Å². The third-order valence-corrected chi connectivity index (χ3v) is 11.9. The van der Waals surface area contributed by atoms with Crippen molar-refractivity contribution in [2.75, 3.05) is 13.1 Å². The smallest absolute Gasteiger partial charge is 0.414 e. The minimum Gasteiger partial charge on any atom is -0.508 e. The number of alkyl carbamates (subject to hydrolysis) is 4. The Morgan fingerprint density at radius 3 is 1.26 bits per heavy atom. The number of ketones is 1. The molecule has 5 amide bonds. The molecule has 77 heavy (non-hydrogen) atoms. The number of carbonyl (C=O) groups excluding carboxylic acids is 6. The highest BCUT2D eigenvalue weighted by Gasteiger charge is 2.28. The Bertz CT molecular complexity index is 2800. The average Bonchev–Trinajstić information content (AvgIpc) is 3.43. The average molecular weight is 1050 g/mol. The van der Waals surface area contributed by atoms with Crippen LogP contribution in [0.25, 0.3) is 0 Å². The molecule has 0 fully saturated rings. The fourth-order valence-electron chi connectivity index (χ4n) is 7.82. The molecule has 6 aromatic rings. The van der Waals surface area contributed by atoms with E-state index in [0.29, 0.717) is 34.2 Å². The Balaban J connectivity index is 1.19. The zero-order valence-corrected chi connectivity index (χ0v) is 43.1. The number of benzene rings is 6. The molecule has 0 radical (unpaired) electrons. The van der Waals surface area contributed by atoms with Crippen LogP contribution in [0.3, 0.4) is 0 Å². The van der Waals surface area contributed by atoms with E-state index in [1.54, 1.807) is 106 Å². The largest absolute Gasteiger partial charge is 0.508 e. The Hall–Kier alpha value is -9.32. The van der Waals surface area contributed by atoms with E-state index in [4.69, 9.17) is 18.9 Å². The van der Waals surface area contributed by atoms with E-state index in [1.807, 2.05) is 78.9 Å². The van der Waals surface area contributed by atoms with Gasteiger partial charge in [-0.3, -0.25) is 35.8 Å². The van der Waals surface area contributed by atoms with E-state index >= 15 is 0 Å². The van der Waals surface area contributed by atoms with Crippen molar-refractivity contribution in [3.63, 3.8) is 0 Å². The van der Waals surface area contributed by atoms with E-state index in [2.05, 4.69) is 36.6 Å². The van der Waals surface area contributed by atoms with Crippen molar-refractivity contribution >= 4 is 48.0 Å². The number of hydrogen-bond donors (Lipinski definition) is 6. The van der Waals surface area contributed by atoms with Gasteiger partial charge in [0.1, 0.15) is 38.2 Å². The van der Waals surface area contributed by atoms with Crippen LogP contribution in [-0.4, -0.2) is 72.2 Å². The molecular formula is C59H63N7O11. The Morgan fingerprint density at radius 2 is 0.870 bits per heavy atom. The van der Waals surface area contributed by atoms with Crippen LogP contribution >= 0.6 is 0 Å². The Kier molecular flexibility index (Phi) is 22.3. The third kappa shape index (κ3) is 20.5. The number of Topliss-reactive ketones (excluding diaryl/α,β-unsaturated/α-hetero) is 1.